The van der Waals surface area contributed by atoms with E-state index in [1.807, 2.05) is 34.6 Å². The zero-order valence-electron chi connectivity index (χ0n) is 11.9. The number of nitrogens with one attached hydrogen (secondary N) is 1. The molecule has 0 saturated carbocycles. The van der Waals surface area contributed by atoms with Crippen molar-refractivity contribution in [1.29, 1.82) is 0 Å². The fraction of sp³-hybridized carbons (Fsp3) is 0.692. The van der Waals surface area contributed by atoms with Gasteiger partial charge in [-0.1, -0.05) is 27.7 Å². The van der Waals surface area contributed by atoms with Crippen LogP contribution in [-0.2, 0) is 5.41 Å². The zero-order chi connectivity index (χ0) is 13.9. The first-order chi connectivity index (χ1) is 8.29. The first-order valence-electron chi connectivity index (χ1n) is 6.31. The van der Waals surface area contributed by atoms with Crippen molar-refractivity contribution in [3.8, 4) is 0 Å². The van der Waals surface area contributed by atoms with Gasteiger partial charge >= 0.3 is 0 Å². The molecule has 0 aromatic carbocycles. The lowest BCUT2D eigenvalue weighted by Gasteiger charge is -2.22. The Hall–Kier alpha value is -1.36. The van der Waals surface area contributed by atoms with Crippen LogP contribution in [0.3, 0.4) is 0 Å². The van der Waals surface area contributed by atoms with E-state index in [9.17, 15) is 5.11 Å². The summed E-state index contributed by atoms with van der Waals surface area (Å²) in [7, 11) is 0. The molecule has 18 heavy (non-hydrogen) atoms. The zero-order valence-corrected chi connectivity index (χ0v) is 11.9. The molecular formula is C13H24N4O. The molecule has 0 aliphatic heterocycles. The largest absolute Gasteiger partial charge is 0.394 e. The van der Waals surface area contributed by atoms with E-state index in [2.05, 4.69) is 15.3 Å². The van der Waals surface area contributed by atoms with Gasteiger partial charge in [-0.25, -0.2) is 9.97 Å². The molecule has 0 spiro atoms. The topological polar surface area (TPSA) is 84.1 Å². The maximum Gasteiger partial charge on any atom is 0.138 e. The molecule has 0 fully saturated rings. The van der Waals surface area contributed by atoms with Crippen molar-refractivity contribution >= 4 is 11.6 Å². The molecule has 4 N–H and O–H groups in total. The third kappa shape index (κ3) is 3.32. The van der Waals surface area contributed by atoms with Gasteiger partial charge in [-0.3, -0.25) is 0 Å². The Morgan fingerprint density at radius 2 is 1.94 bits per heavy atom. The van der Waals surface area contributed by atoms with Crippen LogP contribution in [0.25, 0.3) is 0 Å². The minimum absolute atomic E-state index is 0.00850. The lowest BCUT2D eigenvalue weighted by molar-refractivity contribution is 0.271. The van der Waals surface area contributed by atoms with Gasteiger partial charge in [0.05, 0.1) is 12.6 Å². The molecule has 0 saturated heterocycles. The Bertz CT molecular complexity index is 408. The van der Waals surface area contributed by atoms with Crippen molar-refractivity contribution in [2.24, 2.45) is 0 Å². The molecule has 5 heteroatoms. The molecule has 0 aliphatic rings. The van der Waals surface area contributed by atoms with Crippen molar-refractivity contribution in [1.82, 2.24) is 9.97 Å². The average Bonchev–Trinajstić information content (AvgIpc) is 2.29. The molecule has 0 amide bonds. The summed E-state index contributed by atoms with van der Waals surface area (Å²) in [6.45, 7) is 10.1. The maximum absolute atomic E-state index is 9.24. The number of aromatic nitrogens is 2. The fourth-order valence-corrected chi connectivity index (χ4v) is 1.48. The molecule has 0 bridgehead atoms. The minimum atomic E-state index is -0.154. The van der Waals surface area contributed by atoms with Gasteiger partial charge in [0.1, 0.15) is 17.5 Å². The van der Waals surface area contributed by atoms with Crippen LogP contribution in [-0.4, -0.2) is 27.7 Å². The quantitative estimate of drug-likeness (QED) is 0.761. The van der Waals surface area contributed by atoms with E-state index in [0.717, 1.165) is 12.0 Å². The van der Waals surface area contributed by atoms with Crippen LogP contribution in [0.1, 0.15) is 45.5 Å². The highest BCUT2D eigenvalue weighted by molar-refractivity contribution is 5.55. The number of hydrogen-bond donors (Lipinski definition) is 3. The molecule has 102 valence electrons. The number of anilines is 2. The van der Waals surface area contributed by atoms with Gasteiger partial charge in [-0.15, -0.1) is 0 Å². The van der Waals surface area contributed by atoms with Gasteiger partial charge in [-0.05, 0) is 13.3 Å². The van der Waals surface area contributed by atoms with E-state index in [1.54, 1.807) is 0 Å². The molecule has 0 aliphatic carbocycles. The van der Waals surface area contributed by atoms with E-state index in [4.69, 9.17) is 5.73 Å². The third-order valence-corrected chi connectivity index (χ3v) is 2.91. The monoisotopic (exact) mass is 252 g/mol. The Kier molecular flexibility index (Phi) is 4.51. The molecule has 1 rings (SSSR count). The summed E-state index contributed by atoms with van der Waals surface area (Å²) in [4.78, 5) is 8.85. The van der Waals surface area contributed by atoms with E-state index in [1.165, 1.54) is 0 Å². The summed E-state index contributed by atoms with van der Waals surface area (Å²) < 4.78 is 0. The highest BCUT2D eigenvalue weighted by atomic mass is 16.3. The summed E-state index contributed by atoms with van der Waals surface area (Å²) in [5, 5.41) is 12.5. The molecule has 1 heterocycles. The van der Waals surface area contributed by atoms with Gasteiger partial charge in [0.25, 0.3) is 0 Å². The van der Waals surface area contributed by atoms with E-state index >= 15 is 0 Å². The third-order valence-electron chi connectivity index (χ3n) is 2.91. The average molecular weight is 252 g/mol. The van der Waals surface area contributed by atoms with Gasteiger partial charge < -0.3 is 16.2 Å². The number of rotatable bonds is 4. The molecule has 5 nitrogen and oxygen atoms in total. The molecule has 1 aromatic heterocycles. The smallest absolute Gasteiger partial charge is 0.138 e. The lowest BCUT2D eigenvalue weighted by Crippen LogP contribution is -2.26. The van der Waals surface area contributed by atoms with Crippen LogP contribution in [0.15, 0.2) is 0 Å². The number of nitrogen functional groups attached to an aromatic ring is 1. The Morgan fingerprint density at radius 1 is 1.33 bits per heavy atom. The van der Waals surface area contributed by atoms with Crippen LogP contribution in [0.2, 0.25) is 0 Å². The molecule has 1 aromatic rings. The first-order valence-corrected chi connectivity index (χ1v) is 6.31. The van der Waals surface area contributed by atoms with Crippen molar-refractivity contribution in [3.05, 3.63) is 11.4 Å². The van der Waals surface area contributed by atoms with Crippen molar-refractivity contribution in [2.75, 3.05) is 17.7 Å². The Morgan fingerprint density at radius 3 is 2.39 bits per heavy atom. The highest BCUT2D eigenvalue weighted by Crippen LogP contribution is 2.25. The standard InChI is InChI=1S/C13H24N4O/c1-6-9(7-18)15-11-8(2)10(14)16-12(17-11)13(3,4)5/h9,18H,6-7H2,1-5H3,(H3,14,15,16,17). The maximum atomic E-state index is 9.24. The van der Waals surface area contributed by atoms with Gasteiger partial charge in [0.2, 0.25) is 0 Å². The molecular weight excluding hydrogens is 228 g/mol. The van der Waals surface area contributed by atoms with E-state index in [-0.39, 0.29) is 18.1 Å². The number of nitrogens with two attached hydrogens (primary N) is 1. The number of aliphatic hydroxyl groups excluding tert-OH is 1. The number of hydrogen-bond acceptors (Lipinski definition) is 5. The van der Waals surface area contributed by atoms with Crippen LogP contribution in [0, 0.1) is 6.92 Å². The Balaban J connectivity index is 3.14. The van der Waals surface area contributed by atoms with Crippen molar-refractivity contribution in [3.63, 3.8) is 0 Å². The summed E-state index contributed by atoms with van der Waals surface area (Å²) in [5.74, 6) is 1.92. The second-order valence-corrected chi connectivity index (χ2v) is 5.59. The first kappa shape index (κ1) is 14.7. The second kappa shape index (κ2) is 5.52. The summed E-state index contributed by atoms with van der Waals surface area (Å²) >= 11 is 0. The molecule has 0 radical (unpaired) electrons. The summed E-state index contributed by atoms with van der Waals surface area (Å²) in [6.07, 6.45) is 0.824. The van der Waals surface area contributed by atoms with Gasteiger partial charge in [0.15, 0.2) is 0 Å². The van der Waals surface area contributed by atoms with Crippen LogP contribution < -0.4 is 11.1 Å². The highest BCUT2D eigenvalue weighted by Gasteiger charge is 2.21. The van der Waals surface area contributed by atoms with Crippen molar-refractivity contribution < 1.29 is 5.11 Å². The van der Waals surface area contributed by atoms with E-state index < -0.39 is 0 Å². The number of aliphatic hydroxyl groups is 1. The Labute approximate surface area is 109 Å². The second-order valence-electron chi connectivity index (χ2n) is 5.59. The molecule has 1 unspecified atom stereocenters. The van der Waals surface area contributed by atoms with Crippen LogP contribution in [0.4, 0.5) is 11.6 Å². The van der Waals surface area contributed by atoms with Gasteiger partial charge in [0, 0.05) is 11.0 Å². The summed E-state index contributed by atoms with van der Waals surface area (Å²) in [6, 6.07) is -0.00850. The van der Waals surface area contributed by atoms with Crippen LogP contribution >= 0.6 is 0 Å². The predicted octanol–water partition coefficient (Wildman–Crippen LogP) is 1.85. The minimum Gasteiger partial charge on any atom is -0.394 e. The lowest BCUT2D eigenvalue weighted by atomic mass is 9.95. The predicted molar refractivity (Wildman–Crippen MR) is 74.7 cm³/mol. The normalized spacial score (nSPS) is 13.4. The van der Waals surface area contributed by atoms with E-state index in [0.29, 0.717) is 17.5 Å². The summed E-state index contributed by atoms with van der Waals surface area (Å²) in [5.41, 5.74) is 6.60. The molecule has 1 atom stereocenters. The SMILES string of the molecule is CCC(CO)Nc1nc(C(C)(C)C)nc(N)c1C. The fourth-order valence-electron chi connectivity index (χ4n) is 1.48. The number of nitrogens with zero attached hydrogens (tertiary/aromatic N) is 2. The van der Waals surface area contributed by atoms with Crippen molar-refractivity contribution in [2.45, 2.75) is 52.5 Å². The van der Waals surface area contributed by atoms with Gasteiger partial charge in [-0.2, -0.15) is 0 Å². The van der Waals surface area contributed by atoms with Crippen LogP contribution in [0.5, 0.6) is 0 Å².